The summed E-state index contributed by atoms with van der Waals surface area (Å²) in [6, 6.07) is 16.1. The molecule has 0 amide bonds. The van der Waals surface area contributed by atoms with Crippen molar-refractivity contribution in [2.75, 3.05) is 0 Å². The van der Waals surface area contributed by atoms with E-state index in [2.05, 4.69) is 22.1 Å². The Balaban J connectivity index is 2.11. The molecule has 0 spiro atoms. The smallest absolute Gasteiger partial charge is 0.116 e. The molecule has 2 aromatic heterocycles. The van der Waals surface area contributed by atoms with E-state index in [1.165, 1.54) is 0 Å². The Kier molecular flexibility index (Phi) is 2.69. The third-order valence-corrected chi connectivity index (χ3v) is 4.65. The molecule has 2 aromatic carbocycles. The van der Waals surface area contributed by atoms with Crippen molar-refractivity contribution in [3.05, 3.63) is 59.9 Å². The number of thiophene rings is 1. The molecule has 4 aromatic rings. The summed E-state index contributed by atoms with van der Waals surface area (Å²) in [5.41, 5.74) is 3.08. The zero-order valence-corrected chi connectivity index (χ0v) is 11.9. The van der Waals surface area contributed by atoms with Crippen LogP contribution in [0.1, 0.15) is 0 Å². The number of rotatable bonds is 1. The van der Waals surface area contributed by atoms with Crippen molar-refractivity contribution in [2.45, 2.75) is 0 Å². The van der Waals surface area contributed by atoms with Crippen LogP contribution in [0.15, 0.2) is 54.9 Å². The minimum absolute atomic E-state index is 0.748. The third-order valence-electron chi connectivity index (χ3n) is 3.26. The first-order valence-electron chi connectivity index (χ1n) is 6.21. The Labute approximate surface area is 124 Å². The highest BCUT2D eigenvalue weighted by atomic mass is 35.5. The molecule has 0 bridgehead atoms. The summed E-state index contributed by atoms with van der Waals surface area (Å²) >= 11 is 7.76. The Morgan fingerprint density at radius 3 is 2.65 bits per heavy atom. The van der Waals surface area contributed by atoms with E-state index in [0.717, 1.165) is 36.6 Å². The molecule has 2 nitrogen and oxygen atoms in total. The van der Waals surface area contributed by atoms with Crippen LogP contribution in [0.3, 0.4) is 0 Å². The largest absolute Gasteiger partial charge is 0.235 e. The van der Waals surface area contributed by atoms with E-state index in [9.17, 15) is 0 Å². The molecule has 0 aliphatic carbocycles. The first-order chi connectivity index (χ1) is 9.83. The monoisotopic (exact) mass is 296 g/mol. The van der Waals surface area contributed by atoms with E-state index in [1.54, 1.807) is 17.7 Å². The van der Waals surface area contributed by atoms with Crippen LogP contribution >= 0.6 is 22.9 Å². The average Bonchev–Trinajstić information content (AvgIpc) is 2.85. The number of fused-ring (bicyclic) bond motifs is 3. The fourth-order valence-corrected chi connectivity index (χ4v) is 3.79. The Bertz CT molecular complexity index is 916. The lowest BCUT2D eigenvalue weighted by molar-refractivity contribution is 1.24. The summed E-state index contributed by atoms with van der Waals surface area (Å²) in [4.78, 5) is 8.90. The molecule has 0 N–H and O–H groups in total. The second-order valence-electron chi connectivity index (χ2n) is 4.51. The molecule has 4 heteroatoms. The van der Waals surface area contributed by atoms with E-state index in [0.29, 0.717) is 0 Å². The molecule has 0 saturated heterocycles. The normalized spacial score (nSPS) is 11.2. The molecular weight excluding hydrogens is 288 g/mol. The summed E-state index contributed by atoms with van der Waals surface area (Å²) in [6.07, 6.45) is 1.63. The number of halogens is 1. The predicted octanol–water partition coefficient (Wildman–Crippen LogP) is 5.16. The van der Waals surface area contributed by atoms with Gasteiger partial charge in [0.2, 0.25) is 0 Å². The lowest BCUT2D eigenvalue weighted by Gasteiger charge is -2.00. The van der Waals surface area contributed by atoms with Gasteiger partial charge in [-0.3, -0.25) is 0 Å². The predicted molar refractivity (Wildman–Crippen MR) is 85.4 cm³/mol. The third kappa shape index (κ3) is 1.79. The fraction of sp³-hybridized carbons (Fsp3) is 0. The maximum Gasteiger partial charge on any atom is 0.116 e. The number of hydrogen-bond acceptors (Lipinski definition) is 3. The number of nitrogens with zero attached hydrogens (tertiary/aromatic N) is 2. The van der Waals surface area contributed by atoms with Gasteiger partial charge in [0.15, 0.2) is 0 Å². The van der Waals surface area contributed by atoms with E-state index < -0.39 is 0 Å². The van der Waals surface area contributed by atoms with Crippen LogP contribution in [0.4, 0.5) is 0 Å². The molecule has 0 saturated carbocycles. The zero-order valence-electron chi connectivity index (χ0n) is 10.4. The second-order valence-corrected chi connectivity index (χ2v) is 6.00. The summed E-state index contributed by atoms with van der Waals surface area (Å²) in [7, 11) is 0. The zero-order chi connectivity index (χ0) is 13.5. The first-order valence-corrected chi connectivity index (χ1v) is 7.40. The second kappa shape index (κ2) is 4.54. The summed E-state index contributed by atoms with van der Waals surface area (Å²) in [5, 5.41) is 1.88. The van der Waals surface area contributed by atoms with Crippen LogP contribution < -0.4 is 0 Å². The lowest BCUT2D eigenvalue weighted by Crippen LogP contribution is -1.85. The van der Waals surface area contributed by atoms with Crippen LogP contribution in [0.2, 0.25) is 5.02 Å². The van der Waals surface area contributed by atoms with Crippen molar-refractivity contribution >= 4 is 43.2 Å². The average molecular weight is 297 g/mol. The molecule has 4 rings (SSSR count). The van der Waals surface area contributed by atoms with Gasteiger partial charge in [-0.15, -0.1) is 11.3 Å². The number of aromatic nitrogens is 2. The minimum Gasteiger partial charge on any atom is -0.235 e. The standard InChI is InChI=1S/C16H9ClN2S/c17-11-6-7-12-13(8-11)20-16-14(18-9-19-15(12)16)10-4-2-1-3-5-10/h1-9H. The summed E-state index contributed by atoms with van der Waals surface area (Å²) < 4.78 is 2.25. The molecule has 0 unspecified atom stereocenters. The van der Waals surface area contributed by atoms with Gasteiger partial charge in [-0.2, -0.15) is 0 Å². The van der Waals surface area contributed by atoms with Crippen LogP contribution in [0.5, 0.6) is 0 Å². The highest BCUT2D eigenvalue weighted by molar-refractivity contribution is 7.26. The molecule has 0 radical (unpaired) electrons. The van der Waals surface area contributed by atoms with E-state index >= 15 is 0 Å². The van der Waals surface area contributed by atoms with Crippen molar-refractivity contribution in [1.29, 1.82) is 0 Å². The highest BCUT2D eigenvalue weighted by Crippen LogP contribution is 2.38. The summed E-state index contributed by atoms with van der Waals surface area (Å²) in [6.45, 7) is 0. The molecule has 0 aliphatic heterocycles. The van der Waals surface area contributed by atoms with Gasteiger partial charge >= 0.3 is 0 Å². The molecular formula is C16H9ClN2S. The molecule has 2 heterocycles. The quantitative estimate of drug-likeness (QED) is 0.484. The fourth-order valence-electron chi connectivity index (χ4n) is 2.35. The van der Waals surface area contributed by atoms with Gasteiger partial charge in [-0.1, -0.05) is 41.9 Å². The summed E-state index contributed by atoms with van der Waals surface area (Å²) in [5.74, 6) is 0. The van der Waals surface area contributed by atoms with E-state index in [-0.39, 0.29) is 0 Å². The highest BCUT2D eigenvalue weighted by Gasteiger charge is 2.12. The lowest BCUT2D eigenvalue weighted by atomic mass is 10.1. The van der Waals surface area contributed by atoms with Gasteiger partial charge in [-0.05, 0) is 18.2 Å². The van der Waals surface area contributed by atoms with Gasteiger partial charge in [0.1, 0.15) is 6.33 Å². The van der Waals surface area contributed by atoms with Gasteiger partial charge in [-0.25, -0.2) is 9.97 Å². The van der Waals surface area contributed by atoms with Crippen molar-refractivity contribution in [2.24, 2.45) is 0 Å². The molecule has 0 fully saturated rings. The van der Waals surface area contributed by atoms with E-state index in [1.807, 2.05) is 36.4 Å². The van der Waals surface area contributed by atoms with Crippen molar-refractivity contribution < 1.29 is 0 Å². The Morgan fingerprint density at radius 1 is 0.950 bits per heavy atom. The van der Waals surface area contributed by atoms with Crippen LogP contribution in [-0.4, -0.2) is 9.97 Å². The Hall–Kier alpha value is -1.97. The van der Waals surface area contributed by atoms with Gasteiger partial charge in [0, 0.05) is 20.7 Å². The maximum atomic E-state index is 6.07. The van der Waals surface area contributed by atoms with Crippen LogP contribution in [-0.2, 0) is 0 Å². The SMILES string of the molecule is Clc1ccc2c(c1)sc1c(-c3ccccc3)ncnc12. The van der Waals surface area contributed by atoms with Crippen LogP contribution in [0, 0.1) is 0 Å². The molecule has 96 valence electrons. The molecule has 0 atom stereocenters. The van der Waals surface area contributed by atoms with Gasteiger partial charge < -0.3 is 0 Å². The van der Waals surface area contributed by atoms with Gasteiger partial charge in [0.25, 0.3) is 0 Å². The molecule has 20 heavy (non-hydrogen) atoms. The Morgan fingerprint density at radius 2 is 1.80 bits per heavy atom. The first kappa shape index (κ1) is 11.8. The number of hydrogen-bond donors (Lipinski definition) is 0. The maximum absolute atomic E-state index is 6.07. The van der Waals surface area contributed by atoms with E-state index in [4.69, 9.17) is 11.6 Å². The van der Waals surface area contributed by atoms with Crippen molar-refractivity contribution in [1.82, 2.24) is 9.97 Å². The van der Waals surface area contributed by atoms with Crippen molar-refractivity contribution in [3.63, 3.8) is 0 Å². The van der Waals surface area contributed by atoms with Crippen molar-refractivity contribution in [3.8, 4) is 11.3 Å². The van der Waals surface area contributed by atoms with Crippen LogP contribution in [0.25, 0.3) is 31.6 Å². The topological polar surface area (TPSA) is 25.8 Å². The minimum atomic E-state index is 0.748. The number of benzene rings is 2. The molecule has 0 aliphatic rings. The van der Waals surface area contributed by atoms with Gasteiger partial charge in [0.05, 0.1) is 15.9 Å².